The molecule has 3 heteroatoms. The zero-order valence-corrected chi connectivity index (χ0v) is 8.57. The predicted octanol–water partition coefficient (Wildman–Crippen LogP) is 2.60. The summed E-state index contributed by atoms with van der Waals surface area (Å²) in [7, 11) is 0. The maximum Gasteiger partial charge on any atom is 0.0462 e. The highest BCUT2D eigenvalue weighted by Crippen LogP contribution is 2.27. The Bertz CT molecular complexity index is 217. The lowest BCUT2D eigenvalue weighted by atomic mass is 10.3. The van der Waals surface area contributed by atoms with Gasteiger partial charge in [-0.05, 0) is 41.0 Å². The van der Waals surface area contributed by atoms with Crippen molar-refractivity contribution in [2.45, 2.75) is 4.90 Å². The van der Waals surface area contributed by atoms with Crippen LogP contribution in [0.25, 0.3) is 0 Å². The van der Waals surface area contributed by atoms with Crippen molar-refractivity contribution in [3.63, 3.8) is 0 Å². The molecule has 0 fully saturated rings. The van der Waals surface area contributed by atoms with Crippen LogP contribution in [0, 0.1) is 3.57 Å². The van der Waals surface area contributed by atoms with Gasteiger partial charge in [0.05, 0.1) is 0 Å². The number of nitrogen functional groups attached to an aromatic ring is 1. The number of halogens is 1. The van der Waals surface area contributed by atoms with Crippen LogP contribution in [-0.4, -0.2) is 6.26 Å². The van der Waals surface area contributed by atoms with Gasteiger partial charge >= 0.3 is 0 Å². The highest BCUT2D eigenvalue weighted by molar-refractivity contribution is 14.1. The maximum absolute atomic E-state index is 5.71. The van der Waals surface area contributed by atoms with Crippen LogP contribution in [0.4, 0.5) is 5.69 Å². The Morgan fingerprint density at radius 1 is 1.50 bits per heavy atom. The first-order valence-corrected chi connectivity index (χ1v) is 5.14. The molecule has 10 heavy (non-hydrogen) atoms. The molecule has 0 bridgehead atoms. The van der Waals surface area contributed by atoms with E-state index in [1.165, 1.54) is 8.47 Å². The Labute approximate surface area is 78.5 Å². The van der Waals surface area contributed by atoms with Gasteiger partial charge in [0.15, 0.2) is 0 Å². The number of benzene rings is 1. The van der Waals surface area contributed by atoms with Crippen LogP contribution >= 0.6 is 34.4 Å². The van der Waals surface area contributed by atoms with Gasteiger partial charge in [0, 0.05) is 14.2 Å². The Morgan fingerprint density at radius 3 is 2.60 bits per heavy atom. The smallest absolute Gasteiger partial charge is 0.0462 e. The second-order valence-corrected chi connectivity index (χ2v) is 3.84. The molecule has 0 atom stereocenters. The summed E-state index contributed by atoms with van der Waals surface area (Å²) in [6.07, 6.45) is 2.04. The van der Waals surface area contributed by atoms with Gasteiger partial charge in [0.2, 0.25) is 0 Å². The first-order chi connectivity index (χ1) is 4.75. The van der Waals surface area contributed by atoms with Gasteiger partial charge in [-0.3, -0.25) is 0 Å². The molecule has 0 aromatic heterocycles. The largest absolute Gasteiger partial charge is 0.398 e. The molecule has 0 spiro atoms. The van der Waals surface area contributed by atoms with Crippen LogP contribution in [0.15, 0.2) is 23.1 Å². The summed E-state index contributed by atoms with van der Waals surface area (Å²) in [6.45, 7) is 0. The summed E-state index contributed by atoms with van der Waals surface area (Å²) in [6, 6.07) is 5.95. The molecular weight excluding hydrogens is 257 g/mol. The van der Waals surface area contributed by atoms with Gasteiger partial charge in [-0.1, -0.05) is 6.07 Å². The highest BCUT2D eigenvalue weighted by atomic mass is 127. The van der Waals surface area contributed by atoms with Gasteiger partial charge in [-0.15, -0.1) is 11.8 Å². The fourth-order valence-corrected chi connectivity index (χ4v) is 2.49. The predicted molar refractivity (Wildman–Crippen MR) is 55.4 cm³/mol. The Morgan fingerprint density at radius 2 is 2.20 bits per heavy atom. The molecule has 54 valence electrons. The number of nitrogens with two attached hydrogens (primary N) is 1. The molecule has 0 aliphatic heterocycles. The van der Waals surface area contributed by atoms with Crippen LogP contribution in [0.5, 0.6) is 0 Å². The molecular formula is C7H8INS. The summed E-state index contributed by atoms with van der Waals surface area (Å²) < 4.78 is 1.23. The van der Waals surface area contributed by atoms with Crippen molar-refractivity contribution in [1.29, 1.82) is 0 Å². The third-order valence-electron chi connectivity index (χ3n) is 1.20. The quantitative estimate of drug-likeness (QED) is 0.480. The first-order valence-electron chi connectivity index (χ1n) is 2.83. The van der Waals surface area contributed by atoms with Crippen LogP contribution in [0.3, 0.4) is 0 Å². The second kappa shape index (κ2) is 3.48. The van der Waals surface area contributed by atoms with E-state index in [-0.39, 0.29) is 0 Å². The monoisotopic (exact) mass is 265 g/mol. The Kier molecular flexibility index (Phi) is 2.85. The van der Waals surface area contributed by atoms with Gasteiger partial charge < -0.3 is 5.73 Å². The molecule has 1 nitrogen and oxygen atoms in total. The molecule has 0 saturated carbocycles. The van der Waals surface area contributed by atoms with Crippen molar-refractivity contribution in [2.75, 3.05) is 12.0 Å². The molecule has 2 N–H and O–H groups in total. The van der Waals surface area contributed by atoms with Crippen molar-refractivity contribution in [1.82, 2.24) is 0 Å². The number of rotatable bonds is 1. The van der Waals surface area contributed by atoms with E-state index in [9.17, 15) is 0 Å². The molecule has 1 aromatic rings. The normalized spacial score (nSPS) is 9.80. The third-order valence-corrected chi connectivity index (χ3v) is 3.33. The minimum atomic E-state index is 0.874. The first kappa shape index (κ1) is 8.20. The lowest BCUT2D eigenvalue weighted by Gasteiger charge is -2.02. The number of anilines is 1. The number of hydrogen-bond donors (Lipinski definition) is 1. The molecule has 0 saturated heterocycles. The Balaban J connectivity index is 3.17. The number of thioether (sulfide) groups is 1. The van der Waals surface area contributed by atoms with E-state index in [2.05, 4.69) is 28.7 Å². The van der Waals surface area contributed by atoms with E-state index in [1.54, 1.807) is 11.8 Å². The molecule has 1 aromatic carbocycles. The Hall–Kier alpha value is 0.100. The van der Waals surface area contributed by atoms with E-state index in [0.29, 0.717) is 0 Å². The summed E-state index contributed by atoms with van der Waals surface area (Å²) in [5.41, 5.74) is 6.58. The standard InChI is InChI=1S/C7H8INS/c1-10-7-5(8)3-2-4-6(7)9/h2-4H,9H2,1H3. The lowest BCUT2D eigenvalue weighted by molar-refractivity contribution is 1.41. The molecule has 0 amide bonds. The minimum Gasteiger partial charge on any atom is -0.398 e. The molecule has 0 aliphatic carbocycles. The van der Waals surface area contributed by atoms with Crippen LogP contribution in [0.2, 0.25) is 0 Å². The van der Waals surface area contributed by atoms with Crippen molar-refractivity contribution >= 4 is 40.0 Å². The molecule has 0 aliphatic rings. The summed E-state index contributed by atoms with van der Waals surface area (Å²) in [5, 5.41) is 0. The van der Waals surface area contributed by atoms with E-state index in [4.69, 9.17) is 5.73 Å². The van der Waals surface area contributed by atoms with Crippen molar-refractivity contribution < 1.29 is 0 Å². The average molecular weight is 265 g/mol. The van der Waals surface area contributed by atoms with Crippen LogP contribution in [-0.2, 0) is 0 Å². The number of hydrogen-bond acceptors (Lipinski definition) is 2. The van der Waals surface area contributed by atoms with Crippen molar-refractivity contribution in [3.05, 3.63) is 21.8 Å². The zero-order chi connectivity index (χ0) is 7.56. The molecule has 0 radical (unpaired) electrons. The lowest BCUT2D eigenvalue weighted by Crippen LogP contribution is -1.89. The summed E-state index contributed by atoms with van der Waals surface area (Å²) in [5.74, 6) is 0. The van der Waals surface area contributed by atoms with Crippen LogP contribution < -0.4 is 5.73 Å². The fourth-order valence-electron chi connectivity index (χ4n) is 0.741. The molecule has 1 rings (SSSR count). The van der Waals surface area contributed by atoms with E-state index >= 15 is 0 Å². The highest BCUT2D eigenvalue weighted by Gasteiger charge is 1.99. The van der Waals surface area contributed by atoms with E-state index in [0.717, 1.165) is 5.69 Å². The average Bonchev–Trinajstić information content (AvgIpc) is 1.88. The van der Waals surface area contributed by atoms with E-state index in [1.807, 2.05) is 18.4 Å². The van der Waals surface area contributed by atoms with Gasteiger partial charge in [0.1, 0.15) is 0 Å². The topological polar surface area (TPSA) is 26.0 Å². The van der Waals surface area contributed by atoms with Crippen LogP contribution in [0.1, 0.15) is 0 Å². The molecule has 0 heterocycles. The minimum absolute atomic E-state index is 0.874. The zero-order valence-electron chi connectivity index (χ0n) is 5.60. The SMILES string of the molecule is CSc1c(N)cccc1I. The summed E-state index contributed by atoms with van der Waals surface area (Å²) >= 11 is 3.97. The van der Waals surface area contributed by atoms with Gasteiger partial charge in [-0.25, -0.2) is 0 Å². The van der Waals surface area contributed by atoms with Crippen molar-refractivity contribution in [3.8, 4) is 0 Å². The van der Waals surface area contributed by atoms with Gasteiger partial charge in [0.25, 0.3) is 0 Å². The van der Waals surface area contributed by atoms with Gasteiger partial charge in [-0.2, -0.15) is 0 Å². The summed E-state index contributed by atoms with van der Waals surface area (Å²) in [4.78, 5) is 1.18. The van der Waals surface area contributed by atoms with E-state index < -0.39 is 0 Å². The third kappa shape index (κ3) is 1.58. The second-order valence-electron chi connectivity index (χ2n) is 1.86. The van der Waals surface area contributed by atoms with Crippen molar-refractivity contribution in [2.24, 2.45) is 0 Å². The fraction of sp³-hybridized carbons (Fsp3) is 0.143. The maximum atomic E-state index is 5.71. The molecule has 0 unspecified atom stereocenters.